The largest absolute Gasteiger partial charge is 0.477 e. The summed E-state index contributed by atoms with van der Waals surface area (Å²) in [5, 5.41) is 11.5. The molecular weight excluding hydrogens is 256 g/mol. The summed E-state index contributed by atoms with van der Waals surface area (Å²) in [7, 11) is 0. The number of benzene rings is 1. The second kappa shape index (κ2) is 5.52. The molecule has 0 saturated heterocycles. The SMILES string of the molecule is Cc1cccc(C(=O)Nc2cccc(C(=O)O)n2)c1C. The molecule has 0 aliphatic carbocycles. The van der Waals surface area contributed by atoms with Crippen LogP contribution in [0.3, 0.4) is 0 Å². The van der Waals surface area contributed by atoms with E-state index >= 15 is 0 Å². The number of aromatic nitrogens is 1. The third-order valence-electron chi connectivity index (χ3n) is 3.06. The van der Waals surface area contributed by atoms with Gasteiger partial charge in [0.2, 0.25) is 0 Å². The van der Waals surface area contributed by atoms with Crippen molar-refractivity contribution < 1.29 is 14.7 Å². The summed E-state index contributed by atoms with van der Waals surface area (Å²) in [6.07, 6.45) is 0. The lowest BCUT2D eigenvalue weighted by molar-refractivity contribution is 0.0690. The van der Waals surface area contributed by atoms with Crippen molar-refractivity contribution in [3.8, 4) is 0 Å². The van der Waals surface area contributed by atoms with Gasteiger partial charge in [-0.3, -0.25) is 4.79 Å². The zero-order valence-electron chi connectivity index (χ0n) is 11.2. The molecule has 102 valence electrons. The number of carbonyl (C=O) groups is 2. The van der Waals surface area contributed by atoms with Crippen LogP contribution in [-0.4, -0.2) is 22.0 Å². The molecule has 0 atom stereocenters. The molecule has 1 amide bonds. The molecule has 0 fully saturated rings. The van der Waals surface area contributed by atoms with Crippen molar-refractivity contribution in [2.24, 2.45) is 0 Å². The minimum Gasteiger partial charge on any atom is -0.477 e. The maximum atomic E-state index is 12.2. The zero-order valence-corrected chi connectivity index (χ0v) is 11.2. The Hall–Kier alpha value is -2.69. The number of carboxylic acids is 1. The van der Waals surface area contributed by atoms with E-state index in [4.69, 9.17) is 5.11 Å². The van der Waals surface area contributed by atoms with E-state index in [1.165, 1.54) is 12.1 Å². The molecule has 0 radical (unpaired) electrons. The molecule has 2 N–H and O–H groups in total. The van der Waals surface area contributed by atoms with Gasteiger partial charge in [-0.2, -0.15) is 0 Å². The van der Waals surface area contributed by atoms with E-state index in [1.807, 2.05) is 19.9 Å². The van der Waals surface area contributed by atoms with E-state index in [0.717, 1.165) is 11.1 Å². The van der Waals surface area contributed by atoms with Crippen LogP contribution in [0.5, 0.6) is 0 Å². The highest BCUT2D eigenvalue weighted by Crippen LogP contribution is 2.14. The number of aryl methyl sites for hydroxylation is 1. The Bertz CT molecular complexity index is 681. The van der Waals surface area contributed by atoms with Crippen LogP contribution in [0.15, 0.2) is 36.4 Å². The summed E-state index contributed by atoms with van der Waals surface area (Å²) in [6.45, 7) is 3.79. The zero-order chi connectivity index (χ0) is 14.7. The highest BCUT2D eigenvalue weighted by Gasteiger charge is 2.12. The third kappa shape index (κ3) is 2.83. The number of nitrogens with zero attached hydrogens (tertiary/aromatic N) is 1. The average molecular weight is 270 g/mol. The normalized spacial score (nSPS) is 10.1. The van der Waals surface area contributed by atoms with Crippen molar-refractivity contribution in [3.63, 3.8) is 0 Å². The summed E-state index contributed by atoms with van der Waals surface area (Å²) in [4.78, 5) is 26.9. The van der Waals surface area contributed by atoms with E-state index in [-0.39, 0.29) is 17.4 Å². The minimum atomic E-state index is -1.13. The van der Waals surface area contributed by atoms with Crippen LogP contribution in [0.25, 0.3) is 0 Å². The number of carboxylic acid groups (broad SMARTS) is 1. The second-order valence-corrected chi connectivity index (χ2v) is 4.41. The van der Waals surface area contributed by atoms with Crippen molar-refractivity contribution in [1.82, 2.24) is 4.98 Å². The Labute approximate surface area is 116 Å². The number of hydrogen-bond acceptors (Lipinski definition) is 3. The first-order chi connectivity index (χ1) is 9.49. The van der Waals surface area contributed by atoms with Gasteiger partial charge < -0.3 is 10.4 Å². The predicted molar refractivity (Wildman–Crippen MR) is 75.1 cm³/mol. The van der Waals surface area contributed by atoms with Crippen molar-refractivity contribution in [1.29, 1.82) is 0 Å². The molecule has 1 aromatic heterocycles. The van der Waals surface area contributed by atoms with Crippen LogP contribution in [0.1, 0.15) is 32.0 Å². The fourth-order valence-corrected chi connectivity index (χ4v) is 1.80. The second-order valence-electron chi connectivity index (χ2n) is 4.41. The summed E-state index contributed by atoms with van der Waals surface area (Å²) in [6, 6.07) is 9.91. The van der Waals surface area contributed by atoms with Gasteiger partial charge in [0.05, 0.1) is 0 Å². The quantitative estimate of drug-likeness (QED) is 0.898. The molecular formula is C15H14N2O3. The first-order valence-electron chi connectivity index (χ1n) is 6.07. The van der Waals surface area contributed by atoms with E-state index < -0.39 is 5.97 Å². The maximum absolute atomic E-state index is 12.2. The number of amides is 1. The van der Waals surface area contributed by atoms with Crippen LogP contribution in [0, 0.1) is 13.8 Å². The first kappa shape index (κ1) is 13.7. The fraction of sp³-hybridized carbons (Fsp3) is 0.133. The number of carbonyl (C=O) groups excluding carboxylic acids is 1. The molecule has 0 aliphatic rings. The summed E-state index contributed by atoms with van der Waals surface area (Å²) in [5.41, 5.74) is 2.35. The molecule has 5 heteroatoms. The lowest BCUT2D eigenvalue weighted by Gasteiger charge is -2.09. The Balaban J connectivity index is 2.26. The molecule has 0 bridgehead atoms. The van der Waals surface area contributed by atoms with E-state index in [9.17, 15) is 9.59 Å². The highest BCUT2D eigenvalue weighted by atomic mass is 16.4. The minimum absolute atomic E-state index is 0.108. The van der Waals surface area contributed by atoms with Crippen molar-refractivity contribution >= 4 is 17.7 Å². The summed E-state index contributed by atoms with van der Waals surface area (Å²) >= 11 is 0. The van der Waals surface area contributed by atoms with Crippen LogP contribution in [0.4, 0.5) is 5.82 Å². The molecule has 1 aromatic carbocycles. The van der Waals surface area contributed by atoms with Gasteiger partial charge in [-0.05, 0) is 43.2 Å². The Kier molecular flexibility index (Phi) is 3.79. The van der Waals surface area contributed by atoms with Crippen molar-refractivity contribution in [3.05, 3.63) is 58.8 Å². The van der Waals surface area contributed by atoms with Gasteiger partial charge >= 0.3 is 5.97 Å². The third-order valence-corrected chi connectivity index (χ3v) is 3.06. The maximum Gasteiger partial charge on any atom is 0.354 e. The van der Waals surface area contributed by atoms with E-state index in [1.54, 1.807) is 18.2 Å². The van der Waals surface area contributed by atoms with E-state index in [2.05, 4.69) is 10.3 Å². The molecule has 2 aromatic rings. The monoisotopic (exact) mass is 270 g/mol. The predicted octanol–water partition coefficient (Wildman–Crippen LogP) is 2.65. The molecule has 2 rings (SSSR count). The molecule has 0 unspecified atom stereocenters. The molecule has 0 aliphatic heterocycles. The topological polar surface area (TPSA) is 79.3 Å². The fourth-order valence-electron chi connectivity index (χ4n) is 1.80. The Morgan fingerprint density at radius 3 is 2.50 bits per heavy atom. The highest BCUT2D eigenvalue weighted by molar-refractivity contribution is 6.05. The number of aromatic carboxylic acids is 1. The Morgan fingerprint density at radius 2 is 1.80 bits per heavy atom. The molecule has 1 heterocycles. The first-order valence-corrected chi connectivity index (χ1v) is 6.07. The van der Waals surface area contributed by atoms with Crippen molar-refractivity contribution in [2.45, 2.75) is 13.8 Å². The molecule has 0 saturated carbocycles. The van der Waals surface area contributed by atoms with Gasteiger partial charge in [-0.1, -0.05) is 18.2 Å². The van der Waals surface area contributed by atoms with Crippen LogP contribution in [-0.2, 0) is 0 Å². The van der Waals surface area contributed by atoms with Crippen molar-refractivity contribution in [2.75, 3.05) is 5.32 Å². The van der Waals surface area contributed by atoms with Gasteiger partial charge in [0.15, 0.2) is 5.69 Å². The summed E-state index contributed by atoms with van der Waals surface area (Å²) < 4.78 is 0. The molecule has 5 nitrogen and oxygen atoms in total. The smallest absolute Gasteiger partial charge is 0.354 e. The van der Waals surface area contributed by atoms with Gasteiger partial charge in [-0.25, -0.2) is 9.78 Å². The lowest BCUT2D eigenvalue weighted by atomic mass is 10.0. The van der Waals surface area contributed by atoms with E-state index in [0.29, 0.717) is 5.56 Å². The van der Waals surface area contributed by atoms with Gasteiger partial charge in [-0.15, -0.1) is 0 Å². The van der Waals surface area contributed by atoms with Gasteiger partial charge in [0.25, 0.3) is 5.91 Å². The Morgan fingerprint density at radius 1 is 1.10 bits per heavy atom. The summed E-state index contributed by atoms with van der Waals surface area (Å²) in [5.74, 6) is -1.22. The average Bonchev–Trinajstić information content (AvgIpc) is 2.42. The van der Waals surface area contributed by atoms with Gasteiger partial charge in [0.1, 0.15) is 5.82 Å². The number of rotatable bonds is 3. The lowest BCUT2D eigenvalue weighted by Crippen LogP contribution is -2.15. The number of pyridine rings is 1. The number of anilines is 1. The van der Waals surface area contributed by atoms with Crippen LogP contribution in [0.2, 0.25) is 0 Å². The molecule has 0 spiro atoms. The number of nitrogens with one attached hydrogen (secondary N) is 1. The van der Waals surface area contributed by atoms with Crippen LogP contribution < -0.4 is 5.32 Å². The van der Waals surface area contributed by atoms with Crippen LogP contribution >= 0.6 is 0 Å². The molecule has 20 heavy (non-hydrogen) atoms. The number of hydrogen-bond donors (Lipinski definition) is 2. The standard InChI is InChI=1S/C15H14N2O3/c1-9-5-3-6-11(10(9)2)14(18)17-13-8-4-7-12(16-13)15(19)20/h3-8H,1-2H3,(H,19,20)(H,16,17,18). The van der Waals surface area contributed by atoms with Gasteiger partial charge in [0, 0.05) is 5.56 Å².